The number of ether oxygens (including phenoxy) is 1. The highest BCUT2D eigenvalue weighted by Gasteiger charge is 2.33. The van der Waals surface area contributed by atoms with Gasteiger partial charge in [0.2, 0.25) is 0 Å². The van der Waals surface area contributed by atoms with Gasteiger partial charge in [0, 0.05) is 19.0 Å². The molecule has 4 rings (SSSR count). The first-order valence-electron chi connectivity index (χ1n) is 11.0. The van der Waals surface area contributed by atoms with Gasteiger partial charge in [-0.2, -0.15) is 0 Å². The van der Waals surface area contributed by atoms with Crippen molar-refractivity contribution in [3.05, 3.63) is 59.7 Å². The van der Waals surface area contributed by atoms with Crippen molar-refractivity contribution in [2.24, 2.45) is 4.40 Å². The Bertz CT molecular complexity index is 999. The van der Waals surface area contributed by atoms with Crippen LogP contribution in [0.25, 0.3) is 0 Å². The zero-order chi connectivity index (χ0) is 21.0. The van der Waals surface area contributed by atoms with Crippen LogP contribution >= 0.6 is 0 Å². The third kappa shape index (κ3) is 5.04. The maximum atomic E-state index is 12.0. The zero-order valence-electron chi connectivity index (χ0n) is 17.6. The molecule has 2 aromatic rings. The van der Waals surface area contributed by atoms with Crippen LogP contribution in [0.4, 0.5) is 0 Å². The quantitative estimate of drug-likeness (QED) is 0.576. The number of sulfonamides is 1. The summed E-state index contributed by atoms with van der Waals surface area (Å²) < 4.78 is 34.2. The Balaban J connectivity index is 1.47. The van der Waals surface area contributed by atoms with E-state index in [9.17, 15) is 8.42 Å². The third-order valence-corrected chi connectivity index (χ3v) is 7.06. The minimum absolute atomic E-state index is 0.0322. The summed E-state index contributed by atoms with van der Waals surface area (Å²) in [6, 6.07) is 16.3. The van der Waals surface area contributed by atoms with Crippen molar-refractivity contribution < 1.29 is 13.2 Å². The molecule has 0 aliphatic carbocycles. The van der Waals surface area contributed by atoms with Gasteiger partial charge in [-0.05, 0) is 61.1 Å². The molecule has 1 atom stereocenters. The van der Waals surface area contributed by atoms with E-state index in [1.807, 2.05) is 36.4 Å². The van der Waals surface area contributed by atoms with Crippen molar-refractivity contribution >= 4 is 15.9 Å². The number of benzene rings is 2. The number of unbranched alkanes of at least 4 members (excludes halogenated alkanes) is 2. The van der Waals surface area contributed by atoms with Gasteiger partial charge in [-0.15, -0.1) is 4.40 Å². The fourth-order valence-corrected chi connectivity index (χ4v) is 5.35. The molecule has 6 heteroatoms. The molecule has 160 valence electrons. The molecule has 0 aromatic heterocycles. The molecule has 2 aliphatic heterocycles. The predicted molar refractivity (Wildman–Crippen MR) is 121 cm³/mol. The molecule has 2 heterocycles. The lowest BCUT2D eigenvalue weighted by Gasteiger charge is -2.37. The van der Waals surface area contributed by atoms with E-state index in [1.54, 1.807) is 0 Å². The van der Waals surface area contributed by atoms with E-state index in [4.69, 9.17) is 4.74 Å². The van der Waals surface area contributed by atoms with Crippen molar-refractivity contribution in [3.8, 4) is 11.5 Å². The molecule has 30 heavy (non-hydrogen) atoms. The van der Waals surface area contributed by atoms with E-state index in [0.717, 1.165) is 42.9 Å². The van der Waals surface area contributed by atoms with Gasteiger partial charge in [0.1, 0.15) is 17.3 Å². The summed E-state index contributed by atoms with van der Waals surface area (Å²) in [6.45, 7) is 3.65. The van der Waals surface area contributed by atoms with Gasteiger partial charge >= 0.3 is 0 Å². The highest BCUT2D eigenvalue weighted by Crippen LogP contribution is 2.33. The van der Waals surface area contributed by atoms with Gasteiger partial charge in [0.15, 0.2) is 0 Å². The number of hydrogen-bond acceptors (Lipinski definition) is 4. The number of hydrogen-bond donors (Lipinski definition) is 0. The Morgan fingerprint density at radius 3 is 2.70 bits per heavy atom. The Kier molecular flexibility index (Phi) is 6.42. The molecule has 0 spiro atoms. The smallest absolute Gasteiger partial charge is 0.256 e. The molecule has 2 aliphatic rings. The van der Waals surface area contributed by atoms with Gasteiger partial charge in [-0.3, -0.25) is 0 Å². The van der Waals surface area contributed by atoms with E-state index >= 15 is 0 Å². The summed E-state index contributed by atoms with van der Waals surface area (Å²) in [5.74, 6) is 2.50. The monoisotopic (exact) mass is 426 g/mol. The SMILES string of the molecule is CCCCCc1cccc(Oc2ccc(C3CCCN4CCS(=O)(=O)N=C34)cc2)c1. The summed E-state index contributed by atoms with van der Waals surface area (Å²) in [4.78, 5) is 2.13. The van der Waals surface area contributed by atoms with Crippen molar-refractivity contribution in [1.82, 2.24) is 4.90 Å². The summed E-state index contributed by atoms with van der Waals surface area (Å²) >= 11 is 0. The lowest BCUT2D eigenvalue weighted by Crippen LogP contribution is -2.46. The summed E-state index contributed by atoms with van der Waals surface area (Å²) in [5, 5.41) is 0. The fourth-order valence-electron chi connectivity index (χ4n) is 4.28. The number of piperidine rings is 1. The zero-order valence-corrected chi connectivity index (χ0v) is 18.4. The summed E-state index contributed by atoms with van der Waals surface area (Å²) in [6.07, 6.45) is 6.72. The number of aryl methyl sites for hydroxylation is 1. The number of nitrogens with zero attached hydrogens (tertiary/aromatic N) is 2. The molecule has 1 unspecified atom stereocenters. The highest BCUT2D eigenvalue weighted by atomic mass is 32.2. The Morgan fingerprint density at radius 2 is 1.90 bits per heavy atom. The lowest BCUT2D eigenvalue weighted by atomic mass is 9.89. The number of rotatable bonds is 7. The molecule has 0 amide bonds. The van der Waals surface area contributed by atoms with Crippen LogP contribution in [0.3, 0.4) is 0 Å². The summed E-state index contributed by atoms with van der Waals surface area (Å²) in [5.41, 5.74) is 2.40. The van der Waals surface area contributed by atoms with Gasteiger partial charge in [-0.25, -0.2) is 8.42 Å². The number of fused-ring (bicyclic) bond motifs is 1. The van der Waals surface area contributed by atoms with Crippen molar-refractivity contribution in [1.29, 1.82) is 0 Å². The second-order valence-corrected chi connectivity index (χ2v) is 9.95. The Labute approximate surface area is 179 Å². The van der Waals surface area contributed by atoms with Crippen LogP contribution in [-0.2, 0) is 16.4 Å². The molecule has 0 N–H and O–H groups in total. The third-order valence-electron chi connectivity index (χ3n) is 5.89. The van der Waals surface area contributed by atoms with Crippen LogP contribution in [0.1, 0.15) is 56.1 Å². The average Bonchev–Trinajstić information content (AvgIpc) is 2.74. The molecular weight excluding hydrogens is 396 g/mol. The molecule has 0 radical (unpaired) electrons. The normalized spacial score (nSPS) is 20.4. The topological polar surface area (TPSA) is 59.0 Å². The van der Waals surface area contributed by atoms with Crippen LogP contribution in [0.5, 0.6) is 11.5 Å². The van der Waals surface area contributed by atoms with Gasteiger partial charge in [0.25, 0.3) is 10.0 Å². The second kappa shape index (κ2) is 9.21. The minimum Gasteiger partial charge on any atom is -0.457 e. The first-order valence-corrected chi connectivity index (χ1v) is 12.6. The van der Waals surface area contributed by atoms with Crippen LogP contribution in [0.15, 0.2) is 52.9 Å². The molecule has 0 saturated carbocycles. The van der Waals surface area contributed by atoms with Gasteiger partial charge in [-0.1, -0.05) is 44.0 Å². The molecule has 0 bridgehead atoms. The lowest BCUT2D eigenvalue weighted by molar-refractivity contribution is 0.366. The molecule has 2 aromatic carbocycles. The first kappa shape index (κ1) is 20.9. The standard InChI is InChI=1S/C24H30N2O3S/c1-2-3-4-7-19-8-5-9-22(18-19)29-21-13-11-20(12-14-21)23-10-6-15-26-16-17-30(27,28)25-24(23)26/h5,8-9,11-14,18,23H,2-4,6-7,10,15-17H2,1H3. The molecule has 5 nitrogen and oxygen atoms in total. The molecular formula is C24H30N2O3S. The van der Waals surface area contributed by atoms with E-state index in [0.29, 0.717) is 12.4 Å². The number of amidine groups is 1. The van der Waals surface area contributed by atoms with Crippen LogP contribution < -0.4 is 4.74 Å². The Morgan fingerprint density at radius 1 is 1.07 bits per heavy atom. The van der Waals surface area contributed by atoms with Crippen molar-refractivity contribution in [3.63, 3.8) is 0 Å². The molecule has 1 fully saturated rings. The average molecular weight is 427 g/mol. The predicted octanol–water partition coefficient (Wildman–Crippen LogP) is 5.13. The van der Waals surface area contributed by atoms with E-state index in [-0.39, 0.29) is 11.7 Å². The first-order chi connectivity index (χ1) is 14.5. The van der Waals surface area contributed by atoms with Crippen LogP contribution in [0, 0.1) is 0 Å². The highest BCUT2D eigenvalue weighted by molar-refractivity contribution is 7.90. The summed E-state index contributed by atoms with van der Waals surface area (Å²) in [7, 11) is -3.33. The van der Waals surface area contributed by atoms with E-state index in [1.165, 1.54) is 24.8 Å². The second-order valence-electron chi connectivity index (χ2n) is 8.19. The van der Waals surface area contributed by atoms with Crippen molar-refractivity contribution in [2.75, 3.05) is 18.8 Å². The van der Waals surface area contributed by atoms with E-state index < -0.39 is 10.0 Å². The minimum atomic E-state index is -3.33. The Hall–Kier alpha value is -2.34. The fraction of sp³-hybridized carbons (Fsp3) is 0.458. The maximum Gasteiger partial charge on any atom is 0.256 e. The molecule has 1 saturated heterocycles. The van der Waals surface area contributed by atoms with Gasteiger partial charge in [0.05, 0.1) is 5.75 Å². The van der Waals surface area contributed by atoms with E-state index in [2.05, 4.69) is 28.4 Å². The van der Waals surface area contributed by atoms with Crippen molar-refractivity contribution in [2.45, 2.75) is 51.4 Å². The van der Waals surface area contributed by atoms with Gasteiger partial charge < -0.3 is 9.64 Å². The van der Waals surface area contributed by atoms with Crippen LogP contribution in [-0.4, -0.2) is 38.0 Å². The van der Waals surface area contributed by atoms with Crippen LogP contribution in [0.2, 0.25) is 0 Å². The maximum absolute atomic E-state index is 12.0. The largest absolute Gasteiger partial charge is 0.457 e.